The molecule has 29 heavy (non-hydrogen) atoms. The molecule has 0 fully saturated rings. The number of aromatic nitrogens is 2. The Morgan fingerprint density at radius 2 is 1.69 bits per heavy atom. The first-order valence-corrected chi connectivity index (χ1v) is 9.54. The molecule has 2 aromatic carbocycles. The van der Waals surface area contributed by atoms with Crippen molar-refractivity contribution in [3.05, 3.63) is 81.5 Å². The molecule has 1 heterocycles. The maximum atomic E-state index is 12.8. The van der Waals surface area contributed by atoms with E-state index in [1.54, 1.807) is 35.0 Å². The largest absolute Gasteiger partial charge is 0.491 e. The smallest absolute Gasteiger partial charge is 0.333 e. The van der Waals surface area contributed by atoms with E-state index in [4.69, 9.17) is 4.74 Å². The van der Waals surface area contributed by atoms with Crippen molar-refractivity contribution in [2.45, 2.75) is 40.3 Å². The molecule has 1 unspecified atom stereocenters. The Hall–Kier alpha value is -3.12. The van der Waals surface area contributed by atoms with Gasteiger partial charge in [0, 0.05) is 17.5 Å². The SMILES string of the molecule is CC(=O)c1ccc(-n2c(C)cn(CC(O)COc3cc(C)cc(C)c3)c2=O)cc1. The van der Waals surface area contributed by atoms with E-state index in [9.17, 15) is 14.7 Å². The first kappa shape index (κ1) is 20.6. The van der Waals surface area contributed by atoms with Gasteiger partial charge in [-0.05, 0) is 75.2 Å². The van der Waals surface area contributed by atoms with Crippen LogP contribution in [0.4, 0.5) is 0 Å². The summed E-state index contributed by atoms with van der Waals surface area (Å²) in [5.41, 5.74) is 3.95. The van der Waals surface area contributed by atoms with Gasteiger partial charge in [-0.3, -0.25) is 13.9 Å². The minimum absolute atomic E-state index is 0.0230. The number of aliphatic hydroxyl groups excluding tert-OH is 1. The van der Waals surface area contributed by atoms with Gasteiger partial charge in [0.15, 0.2) is 5.78 Å². The van der Waals surface area contributed by atoms with E-state index >= 15 is 0 Å². The first-order chi connectivity index (χ1) is 13.7. The minimum atomic E-state index is -0.830. The fourth-order valence-electron chi connectivity index (χ4n) is 3.40. The molecule has 1 N–H and O–H groups in total. The van der Waals surface area contributed by atoms with Crippen LogP contribution in [0.1, 0.15) is 34.1 Å². The summed E-state index contributed by atoms with van der Waals surface area (Å²) in [6.07, 6.45) is 0.880. The van der Waals surface area contributed by atoms with E-state index in [-0.39, 0.29) is 24.6 Å². The summed E-state index contributed by atoms with van der Waals surface area (Å²) >= 11 is 0. The molecule has 6 heteroatoms. The second-order valence-electron chi connectivity index (χ2n) is 7.43. The van der Waals surface area contributed by atoms with Gasteiger partial charge in [0.2, 0.25) is 0 Å². The minimum Gasteiger partial charge on any atom is -0.491 e. The number of ether oxygens (including phenoxy) is 1. The third-order valence-corrected chi connectivity index (χ3v) is 4.71. The lowest BCUT2D eigenvalue weighted by atomic mass is 10.1. The molecule has 0 saturated carbocycles. The van der Waals surface area contributed by atoms with Crippen LogP contribution in [0.3, 0.4) is 0 Å². The quantitative estimate of drug-likeness (QED) is 0.625. The van der Waals surface area contributed by atoms with Crippen LogP contribution < -0.4 is 10.4 Å². The number of hydrogen-bond acceptors (Lipinski definition) is 4. The maximum Gasteiger partial charge on any atom is 0.333 e. The first-order valence-electron chi connectivity index (χ1n) is 9.54. The molecule has 0 spiro atoms. The molecule has 6 nitrogen and oxygen atoms in total. The lowest BCUT2D eigenvalue weighted by molar-refractivity contribution is 0.0915. The number of aryl methyl sites for hydroxylation is 3. The van der Waals surface area contributed by atoms with Crippen molar-refractivity contribution in [1.82, 2.24) is 9.13 Å². The molecule has 1 aromatic heterocycles. The van der Waals surface area contributed by atoms with Crippen molar-refractivity contribution in [2.24, 2.45) is 0 Å². The third kappa shape index (κ3) is 4.84. The van der Waals surface area contributed by atoms with E-state index in [1.165, 1.54) is 11.5 Å². The van der Waals surface area contributed by atoms with E-state index in [0.29, 0.717) is 17.0 Å². The zero-order chi connectivity index (χ0) is 21.1. The number of imidazole rings is 1. The fraction of sp³-hybridized carbons (Fsp3) is 0.304. The normalized spacial score (nSPS) is 12.0. The summed E-state index contributed by atoms with van der Waals surface area (Å²) in [4.78, 5) is 24.3. The number of Topliss-reactive ketones (excluding diaryl/α,β-unsaturated/α-hetero) is 1. The second kappa shape index (κ2) is 8.49. The molecule has 0 radical (unpaired) electrons. The highest BCUT2D eigenvalue weighted by Gasteiger charge is 2.14. The van der Waals surface area contributed by atoms with Crippen molar-refractivity contribution < 1.29 is 14.6 Å². The topological polar surface area (TPSA) is 73.5 Å². The van der Waals surface area contributed by atoms with Crippen molar-refractivity contribution in [3.63, 3.8) is 0 Å². The Balaban J connectivity index is 1.72. The lowest BCUT2D eigenvalue weighted by Gasteiger charge is -2.13. The van der Waals surface area contributed by atoms with Gasteiger partial charge in [-0.2, -0.15) is 0 Å². The van der Waals surface area contributed by atoms with Crippen LogP contribution in [0.25, 0.3) is 5.69 Å². The van der Waals surface area contributed by atoms with Gasteiger partial charge in [-0.25, -0.2) is 4.79 Å². The highest BCUT2D eigenvalue weighted by atomic mass is 16.5. The summed E-state index contributed by atoms with van der Waals surface area (Å²) in [6.45, 7) is 7.53. The van der Waals surface area contributed by atoms with E-state index in [1.807, 2.05) is 32.9 Å². The number of ketones is 1. The number of aliphatic hydroxyl groups is 1. The molecule has 3 aromatic rings. The summed E-state index contributed by atoms with van der Waals surface area (Å²) in [5.74, 6) is 0.679. The summed E-state index contributed by atoms with van der Waals surface area (Å²) in [7, 11) is 0. The van der Waals surface area contributed by atoms with Crippen molar-refractivity contribution in [2.75, 3.05) is 6.61 Å². The molecule has 0 aliphatic rings. The zero-order valence-electron chi connectivity index (χ0n) is 17.2. The molecular weight excluding hydrogens is 368 g/mol. The van der Waals surface area contributed by atoms with Crippen LogP contribution in [0.15, 0.2) is 53.5 Å². The molecule has 1 atom stereocenters. The molecular formula is C23H26N2O4. The number of carbonyl (C=O) groups excluding carboxylic acids is 1. The van der Waals surface area contributed by atoms with Crippen LogP contribution in [0, 0.1) is 20.8 Å². The van der Waals surface area contributed by atoms with Crippen LogP contribution >= 0.6 is 0 Å². The highest BCUT2D eigenvalue weighted by molar-refractivity contribution is 5.94. The molecule has 0 bridgehead atoms. The average Bonchev–Trinajstić information content (AvgIpc) is 2.92. The second-order valence-corrected chi connectivity index (χ2v) is 7.43. The lowest BCUT2D eigenvalue weighted by Crippen LogP contribution is -2.31. The van der Waals surface area contributed by atoms with Crippen LogP contribution in [-0.2, 0) is 6.54 Å². The maximum absolute atomic E-state index is 12.8. The van der Waals surface area contributed by atoms with Gasteiger partial charge in [0.25, 0.3) is 0 Å². The Morgan fingerprint density at radius 1 is 1.07 bits per heavy atom. The van der Waals surface area contributed by atoms with Crippen LogP contribution in [0.5, 0.6) is 5.75 Å². The van der Waals surface area contributed by atoms with E-state index in [0.717, 1.165) is 16.8 Å². The number of rotatable bonds is 7. The molecule has 0 amide bonds. The number of benzene rings is 2. The van der Waals surface area contributed by atoms with Crippen molar-refractivity contribution in [1.29, 1.82) is 0 Å². The molecule has 3 rings (SSSR count). The Labute approximate surface area is 170 Å². The van der Waals surface area contributed by atoms with E-state index in [2.05, 4.69) is 6.07 Å². The molecule has 0 aliphatic carbocycles. The predicted molar refractivity (Wildman–Crippen MR) is 112 cm³/mol. The third-order valence-electron chi connectivity index (χ3n) is 4.71. The standard InChI is InChI=1S/C23H26N2O4/c1-15-9-16(2)11-22(10-15)29-14-21(27)13-24-12-17(3)25(23(24)28)20-7-5-19(6-8-20)18(4)26/h5-12,21,27H,13-14H2,1-4H3. The molecule has 152 valence electrons. The van der Waals surface area contributed by atoms with Gasteiger partial charge in [0.1, 0.15) is 18.5 Å². The zero-order valence-corrected chi connectivity index (χ0v) is 17.2. The summed E-state index contributed by atoms with van der Waals surface area (Å²) in [5, 5.41) is 10.4. The number of nitrogens with zero attached hydrogens (tertiary/aromatic N) is 2. The van der Waals surface area contributed by atoms with Crippen LogP contribution in [-0.4, -0.2) is 32.7 Å². The average molecular weight is 394 g/mol. The van der Waals surface area contributed by atoms with Crippen molar-refractivity contribution >= 4 is 5.78 Å². The molecule has 0 aliphatic heterocycles. The predicted octanol–water partition coefficient (Wildman–Crippen LogP) is 3.21. The summed E-state index contributed by atoms with van der Waals surface area (Å²) in [6, 6.07) is 12.8. The van der Waals surface area contributed by atoms with Gasteiger partial charge in [-0.15, -0.1) is 0 Å². The van der Waals surface area contributed by atoms with Gasteiger partial charge in [0.05, 0.1) is 12.2 Å². The summed E-state index contributed by atoms with van der Waals surface area (Å²) < 4.78 is 8.73. The molecule has 0 saturated heterocycles. The fourth-order valence-corrected chi connectivity index (χ4v) is 3.40. The Bertz CT molecular complexity index is 1060. The van der Waals surface area contributed by atoms with Gasteiger partial charge < -0.3 is 9.84 Å². The Kier molecular flexibility index (Phi) is 6.03. The van der Waals surface area contributed by atoms with E-state index < -0.39 is 6.10 Å². The van der Waals surface area contributed by atoms with Gasteiger partial charge >= 0.3 is 5.69 Å². The number of carbonyl (C=O) groups is 1. The van der Waals surface area contributed by atoms with Gasteiger partial charge in [-0.1, -0.05) is 6.07 Å². The van der Waals surface area contributed by atoms with Crippen molar-refractivity contribution in [3.8, 4) is 11.4 Å². The Morgan fingerprint density at radius 3 is 2.28 bits per heavy atom. The highest BCUT2D eigenvalue weighted by Crippen LogP contribution is 2.16. The number of hydrogen-bond donors (Lipinski definition) is 1. The van der Waals surface area contributed by atoms with Crippen LogP contribution in [0.2, 0.25) is 0 Å². The monoisotopic (exact) mass is 394 g/mol.